The summed E-state index contributed by atoms with van der Waals surface area (Å²) in [7, 11) is 5.96. The first-order valence-corrected chi connectivity index (χ1v) is 16.1. The number of imidazole rings is 3. The maximum atomic E-state index is 12.1. The molecule has 2 amide bonds. The fraction of sp³-hybridized carbons (Fsp3) is 0.361. The first-order chi connectivity index (χ1) is 22.9. The summed E-state index contributed by atoms with van der Waals surface area (Å²) in [5.41, 5.74) is 11.3. The van der Waals surface area contributed by atoms with Gasteiger partial charge in [0, 0.05) is 64.2 Å². The molecule has 0 aliphatic carbocycles. The van der Waals surface area contributed by atoms with Crippen molar-refractivity contribution in [1.29, 1.82) is 0 Å². The van der Waals surface area contributed by atoms with Gasteiger partial charge >= 0.3 is 0 Å². The summed E-state index contributed by atoms with van der Waals surface area (Å²) >= 11 is 0. The number of aromatic nitrogens is 6. The van der Waals surface area contributed by atoms with Crippen LogP contribution in [-0.2, 0) is 47.0 Å². The van der Waals surface area contributed by atoms with Crippen LogP contribution in [0.25, 0.3) is 0 Å². The Labute approximate surface area is 277 Å². The second kappa shape index (κ2) is 18.3. The van der Waals surface area contributed by atoms with Crippen molar-refractivity contribution >= 4 is 11.8 Å². The molecular formula is C36H47N9O2. The number of rotatable bonds is 13. The fourth-order valence-corrected chi connectivity index (χ4v) is 5.21. The molecule has 2 aromatic carbocycles. The number of nitrogens with one attached hydrogen (secondary N) is 1. The summed E-state index contributed by atoms with van der Waals surface area (Å²) in [5.74, 6) is -0.377. The van der Waals surface area contributed by atoms with Crippen LogP contribution in [0.5, 0.6) is 0 Å². The van der Waals surface area contributed by atoms with E-state index in [1.807, 2.05) is 67.6 Å². The third-order valence-electron chi connectivity index (χ3n) is 7.88. The van der Waals surface area contributed by atoms with Crippen LogP contribution in [0.2, 0.25) is 0 Å². The minimum Gasteiger partial charge on any atom is -0.340 e. The van der Waals surface area contributed by atoms with Crippen molar-refractivity contribution in [3.63, 3.8) is 0 Å². The lowest BCUT2D eigenvalue weighted by atomic mass is 10.1. The van der Waals surface area contributed by atoms with Gasteiger partial charge in [0.25, 0.3) is 11.8 Å². The molecule has 3 aromatic heterocycles. The number of amides is 2. The zero-order chi connectivity index (χ0) is 33.4. The van der Waals surface area contributed by atoms with Crippen molar-refractivity contribution in [1.82, 2.24) is 38.9 Å². The lowest BCUT2D eigenvalue weighted by molar-refractivity contribution is 0.0652. The molecule has 11 nitrogen and oxygen atoms in total. The third kappa shape index (κ3) is 10.6. The molecule has 1 aliphatic heterocycles. The van der Waals surface area contributed by atoms with Crippen LogP contribution in [-0.4, -0.2) is 65.0 Å². The molecule has 47 heavy (non-hydrogen) atoms. The van der Waals surface area contributed by atoms with Crippen LogP contribution in [0.4, 0.5) is 0 Å². The Morgan fingerprint density at radius 3 is 1.85 bits per heavy atom. The number of carbonyl (C=O) groups excluding carboxylic acids is 2. The Morgan fingerprint density at radius 1 is 0.723 bits per heavy atom. The van der Waals surface area contributed by atoms with E-state index < -0.39 is 0 Å². The van der Waals surface area contributed by atoms with Crippen molar-refractivity contribution in [3.05, 3.63) is 126 Å². The van der Waals surface area contributed by atoms with Gasteiger partial charge in [0.05, 0.1) is 35.8 Å². The van der Waals surface area contributed by atoms with Gasteiger partial charge in [-0.3, -0.25) is 14.5 Å². The average molecular weight is 638 g/mol. The van der Waals surface area contributed by atoms with E-state index in [0.717, 1.165) is 63.9 Å². The minimum atomic E-state index is -0.188. The Balaban J connectivity index is 0.000000169. The zero-order valence-electron chi connectivity index (χ0n) is 27.8. The normalized spacial score (nSPS) is 12.0. The lowest BCUT2D eigenvalue weighted by Gasteiger charge is -2.12. The molecule has 6 rings (SSSR count). The number of benzene rings is 2. The molecule has 5 aromatic rings. The van der Waals surface area contributed by atoms with Crippen molar-refractivity contribution in [2.24, 2.45) is 26.9 Å². The fourth-order valence-electron chi connectivity index (χ4n) is 5.21. The smallest absolute Gasteiger partial charge is 0.261 e. The van der Waals surface area contributed by atoms with Gasteiger partial charge in [-0.15, -0.1) is 0 Å². The predicted molar refractivity (Wildman–Crippen MR) is 184 cm³/mol. The van der Waals surface area contributed by atoms with E-state index in [9.17, 15) is 9.59 Å². The van der Waals surface area contributed by atoms with Crippen LogP contribution >= 0.6 is 0 Å². The molecular weight excluding hydrogens is 590 g/mol. The highest BCUT2D eigenvalue weighted by molar-refractivity contribution is 6.21. The van der Waals surface area contributed by atoms with Crippen molar-refractivity contribution in [3.8, 4) is 0 Å². The van der Waals surface area contributed by atoms with E-state index in [2.05, 4.69) is 49.1 Å². The topological polar surface area (TPSA) is 129 Å². The Bertz CT molecular complexity index is 1640. The standard InChI is InChI=1S/C15H15N3O2.C14H19N3.C7H13N3/c1-17-9-11(16-10-17)5-4-8-18-14(19)12-6-2-3-7-13(12)15(18)20;1-17-12-16-11-14(17)8-5-9-15-10-13-6-3-2-4-7-13;1-10-6-9-5-7(10)3-2-4-8/h2-3,6-7,9-10H,4-5,8H2,1H3;2-4,6-7,11-12,15H,5,8-10H2,1H3;5-6H,2-4,8H2,1H3. The zero-order valence-corrected chi connectivity index (χ0v) is 27.8. The van der Waals surface area contributed by atoms with Crippen molar-refractivity contribution in [2.75, 3.05) is 19.6 Å². The van der Waals surface area contributed by atoms with E-state index in [0.29, 0.717) is 17.7 Å². The summed E-state index contributed by atoms with van der Waals surface area (Å²) in [6.45, 7) is 3.18. The summed E-state index contributed by atoms with van der Waals surface area (Å²) in [6.07, 6.45) is 17.0. The number of carbonyl (C=O) groups is 2. The third-order valence-corrected chi connectivity index (χ3v) is 7.88. The summed E-state index contributed by atoms with van der Waals surface area (Å²) in [4.78, 5) is 37.9. The molecule has 11 heteroatoms. The highest BCUT2D eigenvalue weighted by Gasteiger charge is 2.34. The van der Waals surface area contributed by atoms with Crippen molar-refractivity contribution in [2.45, 2.75) is 45.1 Å². The largest absolute Gasteiger partial charge is 0.340 e. The molecule has 1 aliphatic rings. The molecule has 0 spiro atoms. The van der Waals surface area contributed by atoms with Gasteiger partial charge < -0.3 is 24.8 Å². The number of aryl methyl sites for hydroxylation is 6. The molecule has 0 atom stereocenters. The molecule has 0 saturated heterocycles. The van der Waals surface area contributed by atoms with Gasteiger partial charge in [0.2, 0.25) is 0 Å². The van der Waals surface area contributed by atoms with Gasteiger partial charge in [0.15, 0.2) is 0 Å². The van der Waals surface area contributed by atoms with E-state index in [-0.39, 0.29) is 11.8 Å². The minimum absolute atomic E-state index is 0.188. The van der Waals surface area contributed by atoms with Crippen LogP contribution in [0.1, 0.15) is 62.6 Å². The maximum absolute atomic E-state index is 12.1. The van der Waals surface area contributed by atoms with Gasteiger partial charge in [-0.05, 0) is 69.3 Å². The quantitative estimate of drug-likeness (QED) is 0.147. The monoisotopic (exact) mass is 637 g/mol. The van der Waals surface area contributed by atoms with Gasteiger partial charge in [-0.2, -0.15) is 0 Å². The predicted octanol–water partition coefficient (Wildman–Crippen LogP) is 4.10. The van der Waals surface area contributed by atoms with Gasteiger partial charge in [-0.25, -0.2) is 15.0 Å². The average Bonchev–Trinajstić information content (AvgIpc) is 3.87. The molecule has 4 heterocycles. The number of imide groups is 1. The number of nitrogens with zero attached hydrogens (tertiary/aromatic N) is 7. The Morgan fingerprint density at radius 2 is 1.32 bits per heavy atom. The Kier molecular flexibility index (Phi) is 13.6. The van der Waals surface area contributed by atoms with Gasteiger partial charge in [-0.1, -0.05) is 42.5 Å². The molecule has 3 N–H and O–H groups in total. The lowest BCUT2D eigenvalue weighted by Crippen LogP contribution is -2.30. The molecule has 0 unspecified atom stereocenters. The molecule has 0 bridgehead atoms. The van der Waals surface area contributed by atoms with Crippen LogP contribution in [0, 0.1) is 0 Å². The summed E-state index contributed by atoms with van der Waals surface area (Å²) in [5, 5.41) is 3.45. The number of fused-ring (bicyclic) bond motifs is 1. The molecule has 0 radical (unpaired) electrons. The molecule has 248 valence electrons. The van der Waals surface area contributed by atoms with Gasteiger partial charge in [0.1, 0.15) is 0 Å². The molecule has 0 saturated carbocycles. The van der Waals surface area contributed by atoms with E-state index in [1.54, 1.807) is 30.6 Å². The second-order valence-electron chi connectivity index (χ2n) is 11.6. The summed E-state index contributed by atoms with van der Waals surface area (Å²) < 4.78 is 5.99. The second-order valence-corrected chi connectivity index (χ2v) is 11.6. The molecule has 0 fully saturated rings. The van der Waals surface area contributed by atoms with E-state index >= 15 is 0 Å². The van der Waals surface area contributed by atoms with Crippen LogP contribution in [0.3, 0.4) is 0 Å². The number of hydrogen-bond donors (Lipinski definition) is 2. The highest BCUT2D eigenvalue weighted by Crippen LogP contribution is 2.22. The highest BCUT2D eigenvalue weighted by atomic mass is 16.2. The first kappa shape index (κ1) is 35.0. The Hall–Kier alpha value is -4.87. The van der Waals surface area contributed by atoms with E-state index in [1.165, 1.54) is 21.9 Å². The van der Waals surface area contributed by atoms with Crippen LogP contribution < -0.4 is 11.1 Å². The van der Waals surface area contributed by atoms with E-state index in [4.69, 9.17) is 5.73 Å². The first-order valence-electron chi connectivity index (χ1n) is 16.1. The number of nitrogens with two attached hydrogens (primary N) is 1. The van der Waals surface area contributed by atoms with Crippen LogP contribution in [0.15, 0.2) is 92.2 Å². The SMILES string of the molecule is Cn1cnc(CCCN2C(=O)c3ccccc3C2=O)c1.Cn1cncc1CCCN.Cn1cncc1CCCNCc1ccccc1. The van der Waals surface area contributed by atoms with Crippen molar-refractivity contribution < 1.29 is 9.59 Å². The number of hydrogen-bond acceptors (Lipinski definition) is 7. The summed E-state index contributed by atoms with van der Waals surface area (Å²) in [6, 6.07) is 17.5. The maximum Gasteiger partial charge on any atom is 0.261 e.